The predicted molar refractivity (Wildman–Crippen MR) is 110 cm³/mol. The second-order valence-electron chi connectivity index (χ2n) is 6.86. The fourth-order valence-electron chi connectivity index (χ4n) is 3.43. The van der Waals surface area contributed by atoms with Crippen molar-refractivity contribution in [1.29, 1.82) is 0 Å². The van der Waals surface area contributed by atoms with Crippen LogP contribution in [-0.2, 0) is 9.63 Å². The Labute approximate surface area is 174 Å². The van der Waals surface area contributed by atoms with Gasteiger partial charge in [0.2, 0.25) is 0 Å². The first-order valence-electron chi connectivity index (χ1n) is 9.65. The molecule has 1 aliphatic rings. The average Bonchev–Trinajstić information content (AvgIpc) is 2.81. The molecule has 3 aromatic rings. The van der Waals surface area contributed by atoms with E-state index in [2.05, 4.69) is 0 Å². The van der Waals surface area contributed by atoms with E-state index in [1.807, 2.05) is 24.3 Å². The molecule has 1 saturated heterocycles. The maximum atomic E-state index is 13.2. The van der Waals surface area contributed by atoms with Gasteiger partial charge in [-0.15, -0.1) is 5.06 Å². The van der Waals surface area contributed by atoms with Gasteiger partial charge < -0.3 is 9.74 Å². The van der Waals surface area contributed by atoms with Crippen LogP contribution in [0.15, 0.2) is 91.0 Å². The Kier molecular flexibility index (Phi) is 5.57. The highest BCUT2D eigenvalue weighted by atomic mass is 16.7. The van der Waals surface area contributed by atoms with Gasteiger partial charge in [0.05, 0.1) is 5.56 Å². The third kappa shape index (κ3) is 3.93. The molecule has 0 aromatic heterocycles. The Morgan fingerprint density at radius 2 is 1.30 bits per heavy atom. The molecule has 1 aliphatic heterocycles. The van der Waals surface area contributed by atoms with Gasteiger partial charge in [-0.1, -0.05) is 66.7 Å². The maximum Gasteiger partial charge on any atom is 0.363 e. The van der Waals surface area contributed by atoms with Crippen LogP contribution in [0.25, 0.3) is 0 Å². The summed E-state index contributed by atoms with van der Waals surface area (Å²) in [6.07, 6.45) is -0.794. The van der Waals surface area contributed by atoms with Crippen molar-refractivity contribution < 1.29 is 19.2 Å². The standard InChI is InChI=1S/C24H20N2O4/c27-21-16-17-25(23(28)19-12-6-2-7-13-19)22(18-10-4-1-5-11-18)26(21)30-24(29)20-14-8-3-9-15-20/h1-15,22H,16-17H2. The molecule has 0 spiro atoms. The zero-order valence-electron chi connectivity index (χ0n) is 16.2. The van der Waals surface area contributed by atoms with E-state index in [1.54, 1.807) is 71.6 Å². The van der Waals surface area contributed by atoms with E-state index in [1.165, 1.54) is 0 Å². The molecule has 0 aliphatic carbocycles. The summed E-state index contributed by atoms with van der Waals surface area (Å²) in [6, 6.07) is 26.4. The lowest BCUT2D eigenvalue weighted by molar-refractivity contribution is -0.201. The smallest absolute Gasteiger partial charge is 0.330 e. The van der Waals surface area contributed by atoms with E-state index in [9.17, 15) is 14.4 Å². The first kappa shape index (κ1) is 19.4. The van der Waals surface area contributed by atoms with Crippen molar-refractivity contribution in [2.45, 2.75) is 12.6 Å². The molecule has 0 radical (unpaired) electrons. The highest BCUT2D eigenvalue weighted by Gasteiger charge is 2.40. The van der Waals surface area contributed by atoms with Gasteiger partial charge in [-0.25, -0.2) is 4.79 Å². The molecule has 0 N–H and O–H groups in total. The van der Waals surface area contributed by atoms with Crippen LogP contribution in [0.2, 0.25) is 0 Å². The molecule has 1 fully saturated rings. The quantitative estimate of drug-likeness (QED) is 0.668. The molecule has 30 heavy (non-hydrogen) atoms. The Morgan fingerprint density at radius 3 is 1.90 bits per heavy atom. The van der Waals surface area contributed by atoms with E-state index in [0.717, 1.165) is 5.06 Å². The summed E-state index contributed by atoms with van der Waals surface area (Å²) in [5.41, 5.74) is 1.50. The van der Waals surface area contributed by atoms with Crippen molar-refractivity contribution in [3.8, 4) is 0 Å². The van der Waals surface area contributed by atoms with Crippen molar-refractivity contribution in [3.63, 3.8) is 0 Å². The number of rotatable bonds is 4. The summed E-state index contributed by atoms with van der Waals surface area (Å²) in [6.45, 7) is 0.228. The predicted octanol–water partition coefficient (Wildman–Crippen LogP) is 3.83. The molecule has 1 atom stereocenters. The third-order valence-corrected chi connectivity index (χ3v) is 4.90. The lowest BCUT2D eigenvalue weighted by atomic mass is 10.1. The summed E-state index contributed by atoms with van der Waals surface area (Å²) >= 11 is 0. The molecule has 1 heterocycles. The van der Waals surface area contributed by atoms with Crippen LogP contribution in [0.5, 0.6) is 0 Å². The van der Waals surface area contributed by atoms with Crippen LogP contribution in [0, 0.1) is 0 Å². The topological polar surface area (TPSA) is 66.9 Å². The normalized spacial score (nSPS) is 16.3. The number of amides is 2. The number of carbonyl (C=O) groups is 3. The van der Waals surface area contributed by atoms with Crippen LogP contribution < -0.4 is 0 Å². The van der Waals surface area contributed by atoms with Crippen LogP contribution >= 0.6 is 0 Å². The average molecular weight is 400 g/mol. The lowest BCUT2D eigenvalue weighted by Gasteiger charge is -2.41. The molecule has 4 rings (SSSR count). The second-order valence-corrected chi connectivity index (χ2v) is 6.86. The minimum atomic E-state index is -0.854. The lowest BCUT2D eigenvalue weighted by Crippen LogP contribution is -2.53. The molecule has 0 saturated carbocycles. The number of nitrogens with zero attached hydrogens (tertiary/aromatic N) is 2. The van der Waals surface area contributed by atoms with Gasteiger partial charge in [0, 0.05) is 18.5 Å². The SMILES string of the molecule is O=C(ON1C(=O)CCN(C(=O)c2ccccc2)C1c1ccccc1)c1ccccc1. The molecule has 1 unspecified atom stereocenters. The summed E-state index contributed by atoms with van der Waals surface area (Å²) in [5, 5.41) is 1.02. The van der Waals surface area contributed by atoms with E-state index in [4.69, 9.17) is 4.84 Å². The van der Waals surface area contributed by atoms with Gasteiger partial charge in [0.25, 0.3) is 11.8 Å². The minimum absolute atomic E-state index is 0.0595. The van der Waals surface area contributed by atoms with Crippen molar-refractivity contribution in [3.05, 3.63) is 108 Å². The summed E-state index contributed by atoms with van der Waals surface area (Å²) in [7, 11) is 0. The fraction of sp³-hybridized carbons (Fsp3) is 0.125. The van der Waals surface area contributed by atoms with Gasteiger partial charge >= 0.3 is 5.97 Å². The van der Waals surface area contributed by atoms with E-state index < -0.39 is 12.1 Å². The van der Waals surface area contributed by atoms with E-state index in [-0.39, 0.29) is 24.8 Å². The van der Waals surface area contributed by atoms with Gasteiger partial charge in [0.1, 0.15) is 0 Å². The zero-order chi connectivity index (χ0) is 20.9. The minimum Gasteiger partial charge on any atom is -0.330 e. The molecular formula is C24H20N2O4. The summed E-state index contributed by atoms with van der Waals surface area (Å²) in [5.74, 6) is -1.25. The Hall–Kier alpha value is -3.93. The fourth-order valence-corrected chi connectivity index (χ4v) is 3.43. The molecular weight excluding hydrogens is 380 g/mol. The van der Waals surface area contributed by atoms with Crippen molar-refractivity contribution in [2.24, 2.45) is 0 Å². The molecule has 6 nitrogen and oxygen atoms in total. The van der Waals surface area contributed by atoms with Gasteiger partial charge in [-0.3, -0.25) is 9.59 Å². The van der Waals surface area contributed by atoms with E-state index >= 15 is 0 Å². The molecule has 6 heteroatoms. The van der Waals surface area contributed by atoms with Gasteiger partial charge in [-0.05, 0) is 29.8 Å². The third-order valence-electron chi connectivity index (χ3n) is 4.90. The van der Waals surface area contributed by atoms with Crippen LogP contribution in [0.1, 0.15) is 38.9 Å². The number of hydroxylamine groups is 2. The molecule has 3 aromatic carbocycles. The van der Waals surface area contributed by atoms with Gasteiger partial charge in [0.15, 0.2) is 6.17 Å². The molecule has 2 amide bonds. The highest BCUT2D eigenvalue weighted by molar-refractivity contribution is 5.96. The summed E-state index contributed by atoms with van der Waals surface area (Å²) < 4.78 is 0. The number of benzene rings is 3. The van der Waals surface area contributed by atoms with Crippen LogP contribution in [0.4, 0.5) is 0 Å². The van der Waals surface area contributed by atoms with E-state index in [0.29, 0.717) is 16.7 Å². The van der Waals surface area contributed by atoms with Crippen molar-refractivity contribution in [2.75, 3.05) is 6.54 Å². The van der Waals surface area contributed by atoms with Crippen molar-refractivity contribution in [1.82, 2.24) is 9.96 Å². The highest BCUT2D eigenvalue weighted by Crippen LogP contribution is 2.32. The molecule has 150 valence electrons. The maximum absolute atomic E-state index is 13.2. The zero-order valence-corrected chi connectivity index (χ0v) is 16.2. The second kappa shape index (κ2) is 8.61. The van der Waals surface area contributed by atoms with Gasteiger partial charge in [-0.2, -0.15) is 0 Å². The Bertz CT molecular complexity index is 1040. The Balaban J connectivity index is 1.70. The first-order chi connectivity index (χ1) is 14.6. The molecule has 0 bridgehead atoms. The first-order valence-corrected chi connectivity index (χ1v) is 9.65. The van der Waals surface area contributed by atoms with Crippen LogP contribution in [0.3, 0.4) is 0 Å². The van der Waals surface area contributed by atoms with Crippen molar-refractivity contribution >= 4 is 17.8 Å². The Morgan fingerprint density at radius 1 is 0.767 bits per heavy atom. The number of carbonyl (C=O) groups excluding carboxylic acids is 3. The number of hydrogen-bond donors (Lipinski definition) is 0. The number of hydrogen-bond acceptors (Lipinski definition) is 4. The monoisotopic (exact) mass is 400 g/mol. The summed E-state index contributed by atoms with van der Waals surface area (Å²) in [4.78, 5) is 45.7. The largest absolute Gasteiger partial charge is 0.363 e. The van der Waals surface area contributed by atoms with Crippen LogP contribution in [-0.4, -0.2) is 34.3 Å².